The molecule has 2 aromatic rings. The van der Waals surface area contributed by atoms with Gasteiger partial charge in [-0.2, -0.15) is 0 Å². The number of halogens is 1. The lowest BCUT2D eigenvalue weighted by Crippen LogP contribution is -2.47. The third-order valence-electron chi connectivity index (χ3n) is 8.78. The van der Waals surface area contributed by atoms with Crippen molar-refractivity contribution in [3.63, 3.8) is 0 Å². The average molecular weight is 537 g/mol. The second-order valence-corrected chi connectivity index (χ2v) is 13.2. The minimum absolute atomic E-state index is 0.0228. The van der Waals surface area contributed by atoms with Crippen LogP contribution in [-0.4, -0.2) is 20.3 Å². The standard InChI is InChI=1S/C34H50BClO2/c1-5-7-9-11-13-15-21-34(22-16-14-12-10-8-6-2)31-23-27(35-37-25-33(3,4)26-38-35)17-19-29(31)30-20-18-28(36)24-32(30)34/h17-20,23-24H,5-16,21-22,25-26H2,1-4H3. The highest BCUT2D eigenvalue weighted by atomic mass is 35.5. The average Bonchev–Trinajstić information content (AvgIpc) is 3.16. The first-order valence-electron chi connectivity index (χ1n) is 15.6. The van der Waals surface area contributed by atoms with E-state index in [0.29, 0.717) is 0 Å². The van der Waals surface area contributed by atoms with E-state index in [-0.39, 0.29) is 17.9 Å². The van der Waals surface area contributed by atoms with E-state index in [1.54, 1.807) is 0 Å². The Kier molecular flexibility index (Phi) is 10.8. The zero-order valence-corrected chi connectivity index (χ0v) is 25.3. The summed E-state index contributed by atoms with van der Waals surface area (Å²) in [5.74, 6) is 0. The maximum Gasteiger partial charge on any atom is 0.493 e. The number of unbranched alkanes of at least 4 members (excludes halogenated alkanes) is 10. The highest BCUT2D eigenvalue weighted by molar-refractivity contribution is 6.61. The Bertz CT molecular complexity index is 1010. The molecule has 0 N–H and O–H groups in total. The molecule has 4 heteroatoms. The predicted molar refractivity (Wildman–Crippen MR) is 165 cm³/mol. The van der Waals surface area contributed by atoms with Crippen molar-refractivity contribution in [3.05, 3.63) is 52.5 Å². The van der Waals surface area contributed by atoms with E-state index in [1.165, 1.54) is 112 Å². The Labute approximate surface area is 238 Å². The molecule has 1 heterocycles. The van der Waals surface area contributed by atoms with Crippen LogP contribution in [0.25, 0.3) is 11.1 Å². The zero-order chi connectivity index (χ0) is 27.0. The second-order valence-electron chi connectivity index (χ2n) is 12.7. The van der Waals surface area contributed by atoms with E-state index in [1.807, 2.05) is 0 Å². The summed E-state index contributed by atoms with van der Waals surface area (Å²) in [6.45, 7) is 10.5. The van der Waals surface area contributed by atoms with Crippen LogP contribution in [0.3, 0.4) is 0 Å². The minimum atomic E-state index is -0.276. The molecule has 0 bridgehead atoms. The zero-order valence-electron chi connectivity index (χ0n) is 24.5. The number of benzene rings is 2. The summed E-state index contributed by atoms with van der Waals surface area (Å²) in [5, 5.41) is 0.855. The summed E-state index contributed by atoms with van der Waals surface area (Å²) < 4.78 is 12.5. The first-order valence-corrected chi connectivity index (χ1v) is 16.0. The Balaban J connectivity index is 1.64. The van der Waals surface area contributed by atoms with Crippen LogP contribution in [-0.2, 0) is 14.7 Å². The Hall–Kier alpha value is -1.29. The molecular weight excluding hydrogens is 487 g/mol. The quantitative estimate of drug-likeness (QED) is 0.166. The second kappa shape index (κ2) is 13.9. The van der Waals surface area contributed by atoms with E-state index in [0.717, 1.165) is 23.7 Å². The molecule has 0 unspecified atom stereocenters. The minimum Gasteiger partial charge on any atom is -0.407 e. The van der Waals surface area contributed by atoms with Gasteiger partial charge in [0.2, 0.25) is 0 Å². The summed E-state index contributed by atoms with van der Waals surface area (Å²) in [5.41, 5.74) is 6.94. The molecule has 2 nitrogen and oxygen atoms in total. The van der Waals surface area contributed by atoms with Crippen molar-refractivity contribution in [2.75, 3.05) is 13.2 Å². The predicted octanol–water partition coefficient (Wildman–Crippen LogP) is 9.88. The van der Waals surface area contributed by atoms with Gasteiger partial charge in [0.05, 0.1) is 0 Å². The van der Waals surface area contributed by atoms with Gasteiger partial charge in [0.25, 0.3) is 0 Å². The SMILES string of the molecule is CCCCCCCCC1(CCCCCCCC)c2cc(Cl)ccc2-c2ccc(B3OCC(C)(C)CO3)cc21. The Morgan fingerprint density at radius 1 is 0.684 bits per heavy atom. The van der Waals surface area contributed by atoms with Crippen LogP contribution in [0.4, 0.5) is 0 Å². The number of fused-ring (bicyclic) bond motifs is 3. The molecule has 0 spiro atoms. The fraction of sp³-hybridized carbons (Fsp3) is 0.647. The first kappa shape index (κ1) is 29.7. The molecule has 2 aromatic carbocycles. The molecule has 1 aliphatic heterocycles. The fourth-order valence-corrected chi connectivity index (χ4v) is 6.77. The number of rotatable bonds is 15. The highest BCUT2D eigenvalue weighted by Crippen LogP contribution is 2.54. The molecule has 1 saturated heterocycles. The molecule has 38 heavy (non-hydrogen) atoms. The largest absolute Gasteiger partial charge is 0.493 e. The molecular formula is C34H50BClO2. The number of hydrogen-bond acceptors (Lipinski definition) is 2. The van der Waals surface area contributed by atoms with Crippen LogP contribution in [0.5, 0.6) is 0 Å². The molecule has 2 aliphatic rings. The van der Waals surface area contributed by atoms with Crippen LogP contribution in [0.15, 0.2) is 36.4 Å². The number of hydrogen-bond donors (Lipinski definition) is 0. The monoisotopic (exact) mass is 536 g/mol. The smallest absolute Gasteiger partial charge is 0.407 e. The van der Waals surface area contributed by atoms with Crippen molar-refractivity contribution in [1.29, 1.82) is 0 Å². The van der Waals surface area contributed by atoms with Crippen LogP contribution < -0.4 is 5.46 Å². The first-order chi connectivity index (χ1) is 18.4. The lowest BCUT2D eigenvalue weighted by atomic mass is 9.68. The summed E-state index contributed by atoms with van der Waals surface area (Å²) >= 11 is 6.67. The third-order valence-corrected chi connectivity index (χ3v) is 9.02. The molecule has 4 rings (SSSR count). The van der Waals surface area contributed by atoms with E-state index in [2.05, 4.69) is 64.1 Å². The van der Waals surface area contributed by atoms with Gasteiger partial charge in [-0.1, -0.05) is 141 Å². The molecule has 0 atom stereocenters. The van der Waals surface area contributed by atoms with Crippen LogP contribution in [0.2, 0.25) is 5.02 Å². The summed E-state index contributed by atoms with van der Waals surface area (Å²) in [4.78, 5) is 0. The van der Waals surface area contributed by atoms with Gasteiger partial charge >= 0.3 is 7.12 Å². The lowest BCUT2D eigenvalue weighted by Gasteiger charge is -2.35. The van der Waals surface area contributed by atoms with Crippen molar-refractivity contribution < 1.29 is 9.31 Å². The molecule has 1 aliphatic carbocycles. The molecule has 0 saturated carbocycles. The molecule has 0 radical (unpaired) electrons. The highest BCUT2D eigenvalue weighted by Gasteiger charge is 2.43. The normalized spacial score (nSPS) is 17.4. The van der Waals surface area contributed by atoms with E-state index >= 15 is 0 Å². The molecule has 1 fully saturated rings. The van der Waals surface area contributed by atoms with Crippen molar-refractivity contribution in [1.82, 2.24) is 0 Å². The van der Waals surface area contributed by atoms with Gasteiger partial charge in [0.1, 0.15) is 0 Å². The maximum absolute atomic E-state index is 6.67. The van der Waals surface area contributed by atoms with Crippen LogP contribution >= 0.6 is 11.6 Å². The summed E-state index contributed by atoms with van der Waals surface area (Å²) in [6, 6.07) is 13.6. The topological polar surface area (TPSA) is 18.5 Å². The van der Waals surface area contributed by atoms with Gasteiger partial charge in [-0.15, -0.1) is 0 Å². The van der Waals surface area contributed by atoms with E-state index in [9.17, 15) is 0 Å². The molecule has 0 amide bonds. The summed E-state index contributed by atoms with van der Waals surface area (Å²) in [6.07, 6.45) is 18.2. The van der Waals surface area contributed by atoms with E-state index < -0.39 is 0 Å². The van der Waals surface area contributed by atoms with Gasteiger partial charge < -0.3 is 9.31 Å². The van der Waals surface area contributed by atoms with Gasteiger partial charge in [-0.25, -0.2) is 0 Å². The van der Waals surface area contributed by atoms with Gasteiger partial charge in [0.15, 0.2) is 0 Å². The third kappa shape index (κ3) is 7.07. The van der Waals surface area contributed by atoms with Crippen LogP contribution in [0, 0.1) is 5.41 Å². The molecule has 0 aromatic heterocycles. The Morgan fingerprint density at radius 2 is 1.18 bits per heavy atom. The Morgan fingerprint density at radius 3 is 1.76 bits per heavy atom. The van der Waals surface area contributed by atoms with Gasteiger partial charge in [0, 0.05) is 29.1 Å². The van der Waals surface area contributed by atoms with Crippen LogP contribution in [0.1, 0.15) is 129 Å². The summed E-state index contributed by atoms with van der Waals surface area (Å²) in [7, 11) is -0.276. The van der Waals surface area contributed by atoms with E-state index in [4.69, 9.17) is 20.9 Å². The molecule has 208 valence electrons. The maximum atomic E-state index is 6.67. The van der Waals surface area contributed by atoms with Crippen molar-refractivity contribution >= 4 is 24.2 Å². The van der Waals surface area contributed by atoms with Gasteiger partial charge in [-0.3, -0.25) is 0 Å². The fourth-order valence-electron chi connectivity index (χ4n) is 6.59. The van der Waals surface area contributed by atoms with Crippen molar-refractivity contribution in [2.45, 2.75) is 123 Å². The lowest BCUT2D eigenvalue weighted by molar-refractivity contribution is 0.0343. The van der Waals surface area contributed by atoms with Crippen molar-refractivity contribution in [2.24, 2.45) is 5.41 Å². The van der Waals surface area contributed by atoms with Gasteiger partial charge in [-0.05, 0) is 52.7 Å². The van der Waals surface area contributed by atoms with Crippen molar-refractivity contribution in [3.8, 4) is 11.1 Å².